The van der Waals surface area contributed by atoms with Crippen LogP contribution < -0.4 is 5.32 Å². The summed E-state index contributed by atoms with van der Waals surface area (Å²) in [6.07, 6.45) is 2.24. The van der Waals surface area contributed by atoms with Crippen LogP contribution in [-0.4, -0.2) is 87.9 Å². The van der Waals surface area contributed by atoms with Crippen molar-refractivity contribution >= 4 is 5.91 Å². The number of ether oxygens (including phenoxy) is 2. The molecule has 0 aromatic heterocycles. The van der Waals surface area contributed by atoms with E-state index in [1.165, 1.54) is 0 Å². The zero-order chi connectivity index (χ0) is 14.4. The fourth-order valence-electron chi connectivity index (χ4n) is 2.74. The predicted molar refractivity (Wildman–Crippen MR) is 76.7 cm³/mol. The Morgan fingerprint density at radius 2 is 1.80 bits per heavy atom. The Bertz CT molecular complexity index is 300. The quantitative estimate of drug-likeness (QED) is 0.686. The van der Waals surface area contributed by atoms with Gasteiger partial charge in [0.25, 0.3) is 0 Å². The number of carbonyl (C=O) groups is 1. The Morgan fingerprint density at radius 1 is 1.15 bits per heavy atom. The number of nitrogens with zero attached hydrogens (tertiary/aromatic N) is 2. The summed E-state index contributed by atoms with van der Waals surface area (Å²) in [7, 11) is 3.46. The molecule has 0 bridgehead atoms. The molecule has 2 rings (SSSR count). The fourth-order valence-corrected chi connectivity index (χ4v) is 2.74. The van der Waals surface area contributed by atoms with E-state index in [9.17, 15) is 4.79 Å². The molecular formula is C14H27N3O3. The summed E-state index contributed by atoms with van der Waals surface area (Å²) in [5, 5.41) is 3.08. The summed E-state index contributed by atoms with van der Waals surface area (Å²) in [5.74, 6) is 0.148. The highest BCUT2D eigenvalue weighted by Gasteiger charge is 2.30. The highest BCUT2D eigenvalue weighted by atomic mass is 16.5. The maximum Gasteiger partial charge on any atom is 0.234 e. The SMILES string of the molecule is COCCN1CCN(CC(=O)NC2CC(OC)C2)CC1. The first kappa shape index (κ1) is 15.7. The first-order valence-corrected chi connectivity index (χ1v) is 7.47. The summed E-state index contributed by atoms with van der Waals surface area (Å²) < 4.78 is 10.3. The van der Waals surface area contributed by atoms with Crippen LogP contribution in [-0.2, 0) is 14.3 Å². The van der Waals surface area contributed by atoms with Crippen molar-refractivity contribution < 1.29 is 14.3 Å². The van der Waals surface area contributed by atoms with Crippen molar-refractivity contribution in [3.05, 3.63) is 0 Å². The number of piperazine rings is 1. The van der Waals surface area contributed by atoms with Gasteiger partial charge in [-0.1, -0.05) is 0 Å². The summed E-state index contributed by atoms with van der Waals surface area (Å²) in [6.45, 7) is 6.24. The van der Waals surface area contributed by atoms with Gasteiger partial charge in [-0.3, -0.25) is 14.6 Å². The van der Waals surface area contributed by atoms with Gasteiger partial charge in [0.2, 0.25) is 5.91 Å². The minimum absolute atomic E-state index is 0.148. The van der Waals surface area contributed by atoms with E-state index in [0.717, 1.165) is 52.2 Å². The molecule has 1 saturated heterocycles. The van der Waals surface area contributed by atoms with E-state index in [1.807, 2.05) is 0 Å². The molecule has 1 aliphatic heterocycles. The van der Waals surface area contributed by atoms with Crippen molar-refractivity contribution in [1.29, 1.82) is 0 Å². The zero-order valence-corrected chi connectivity index (χ0v) is 12.6. The second-order valence-electron chi connectivity index (χ2n) is 5.70. The number of nitrogens with one attached hydrogen (secondary N) is 1. The molecule has 0 radical (unpaired) electrons. The van der Waals surface area contributed by atoms with E-state index in [1.54, 1.807) is 14.2 Å². The molecule has 1 heterocycles. The molecule has 1 amide bonds. The molecule has 1 N–H and O–H groups in total. The van der Waals surface area contributed by atoms with E-state index in [2.05, 4.69) is 15.1 Å². The van der Waals surface area contributed by atoms with Crippen LogP contribution in [0.15, 0.2) is 0 Å². The van der Waals surface area contributed by atoms with Crippen molar-refractivity contribution in [2.24, 2.45) is 0 Å². The summed E-state index contributed by atoms with van der Waals surface area (Å²) in [5.41, 5.74) is 0. The van der Waals surface area contributed by atoms with E-state index in [-0.39, 0.29) is 5.91 Å². The average molecular weight is 285 g/mol. The summed E-state index contributed by atoms with van der Waals surface area (Å²) >= 11 is 0. The molecule has 0 aromatic rings. The van der Waals surface area contributed by atoms with E-state index in [0.29, 0.717) is 18.7 Å². The molecular weight excluding hydrogens is 258 g/mol. The van der Waals surface area contributed by atoms with Gasteiger partial charge in [-0.05, 0) is 12.8 Å². The summed E-state index contributed by atoms with van der Waals surface area (Å²) in [6, 6.07) is 0.315. The lowest BCUT2D eigenvalue weighted by molar-refractivity contribution is -0.125. The third-order valence-corrected chi connectivity index (χ3v) is 4.24. The molecule has 1 aliphatic carbocycles. The highest BCUT2D eigenvalue weighted by molar-refractivity contribution is 5.78. The highest BCUT2D eigenvalue weighted by Crippen LogP contribution is 2.22. The third-order valence-electron chi connectivity index (χ3n) is 4.24. The molecule has 2 aliphatic rings. The first-order chi connectivity index (χ1) is 9.71. The standard InChI is InChI=1S/C14H27N3O3/c1-19-8-7-16-3-5-17(6-4-16)11-14(18)15-12-9-13(10-12)20-2/h12-13H,3-11H2,1-2H3,(H,15,18). The lowest BCUT2D eigenvalue weighted by atomic mass is 9.89. The van der Waals surface area contributed by atoms with Crippen LogP contribution in [0.1, 0.15) is 12.8 Å². The van der Waals surface area contributed by atoms with Crippen molar-refractivity contribution in [3.8, 4) is 0 Å². The Morgan fingerprint density at radius 3 is 2.40 bits per heavy atom. The third kappa shape index (κ3) is 4.70. The van der Waals surface area contributed by atoms with Crippen molar-refractivity contribution in [3.63, 3.8) is 0 Å². The normalized spacial score (nSPS) is 28.1. The molecule has 0 spiro atoms. The van der Waals surface area contributed by atoms with Crippen LogP contribution in [0.2, 0.25) is 0 Å². The van der Waals surface area contributed by atoms with Crippen LogP contribution in [0.4, 0.5) is 0 Å². The number of amides is 1. The lowest BCUT2D eigenvalue weighted by Crippen LogP contribution is -2.53. The van der Waals surface area contributed by atoms with Crippen LogP contribution >= 0.6 is 0 Å². The van der Waals surface area contributed by atoms with Gasteiger partial charge in [0.05, 0.1) is 19.3 Å². The van der Waals surface area contributed by atoms with Crippen LogP contribution in [0.25, 0.3) is 0 Å². The Kier molecular flexibility index (Phi) is 6.22. The largest absolute Gasteiger partial charge is 0.383 e. The second-order valence-corrected chi connectivity index (χ2v) is 5.70. The number of carbonyl (C=O) groups excluding carboxylic acids is 1. The van der Waals surface area contributed by atoms with Gasteiger partial charge < -0.3 is 14.8 Å². The molecule has 6 heteroatoms. The van der Waals surface area contributed by atoms with E-state index < -0.39 is 0 Å². The number of hydrogen-bond acceptors (Lipinski definition) is 5. The molecule has 116 valence electrons. The topological polar surface area (TPSA) is 54.0 Å². The lowest BCUT2D eigenvalue weighted by Gasteiger charge is -2.36. The molecule has 0 aromatic carbocycles. The predicted octanol–water partition coefficient (Wildman–Crippen LogP) is -0.456. The Labute approximate surface area is 121 Å². The Balaban J connectivity index is 1.57. The molecule has 1 saturated carbocycles. The monoisotopic (exact) mass is 285 g/mol. The average Bonchev–Trinajstić information content (AvgIpc) is 2.41. The van der Waals surface area contributed by atoms with Gasteiger partial charge >= 0.3 is 0 Å². The molecule has 2 fully saturated rings. The molecule has 0 unspecified atom stereocenters. The minimum atomic E-state index is 0.148. The fraction of sp³-hybridized carbons (Fsp3) is 0.929. The van der Waals surface area contributed by atoms with Crippen molar-refractivity contribution in [2.45, 2.75) is 25.0 Å². The van der Waals surface area contributed by atoms with Gasteiger partial charge in [0.15, 0.2) is 0 Å². The molecule has 6 nitrogen and oxygen atoms in total. The van der Waals surface area contributed by atoms with E-state index >= 15 is 0 Å². The van der Waals surface area contributed by atoms with Crippen LogP contribution in [0.5, 0.6) is 0 Å². The maximum atomic E-state index is 11.9. The van der Waals surface area contributed by atoms with Crippen molar-refractivity contribution in [2.75, 3.05) is 60.1 Å². The van der Waals surface area contributed by atoms with Gasteiger partial charge in [-0.15, -0.1) is 0 Å². The first-order valence-electron chi connectivity index (χ1n) is 7.47. The van der Waals surface area contributed by atoms with Gasteiger partial charge in [0.1, 0.15) is 0 Å². The van der Waals surface area contributed by atoms with Crippen LogP contribution in [0.3, 0.4) is 0 Å². The van der Waals surface area contributed by atoms with Gasteiger partial charge in [0, 0.05) is 53.0 Å². The molecule has 20 heavy (non-hydrogen) atoms. The number of methoxy groups -OCH3 is 2. The zero-order valence-electron chi connectivity index (χ0n) is 12.6. The summed E-state index contributed by atoms with van der Waals surface area (Å²) in [4.78, 5) is 16.5. The molecule has 0 atom stereocenters. The number of hydrogen-bond donors (Lipinski definition) is 1. The second kappa shape index (κ2) is 7.93. The minimum Gasteiger partial charge on any atom is -0.383 e. The van der Waals surface area contributed by atoms with Crippen LogP contribution in [0, 0.1) is 0 Å². The van der Waals surface area contributed by atoms with E-state index in [4.69, 9.17) is 9.47 Å². The van der Waals surface area contributed by atoms with Gasteiger partial charge in [-0.25, -0.2) is 0 Å². The maximum absolute atomic E-state index is 11.9. The Hall–Kier alpha value is -0.690. The van der Waals surface area contributed by atoms with Gasteiger partial charge in [-0.2, -0.15) is 0 Å². The van der Waals surface area contributed by atoms with Crippen molar-refractivity contribution in [1.82, 2.24) is 15.1 Å². The number of rotatable bonds is 7. The smallest absolute Gasteiger partial charge is 0.234 e.